The summed E-state index contributed by atoms with van der Waals surface area (Å²) in [5.74, 6) is 0.917. The molecule has 0 amide bonds. The molecule has 0 spiro atoms. The molecule has 0 unspecified atom stereocenters. The van der Waals surface area contributed by atoms with Gasteiger partial charge < -0.3 is 5.32 Å². The van der Waals surface area contributed by atoms with E-state index in [1.54, 1.807) is 4.80 Å². The molecule has 2 aromatic carbocycles. The third kappa shape index (κ3) is 4.02. The Morgan fingerprint density at radius 2 is 1.79 bits per heavy atom. The van der Waals surface area contributed by atoms with Gasteiger partial charge in [0.1, 0.15) is 11.5 Å². The smallest absolute Gasteiger partial charge is 0.133 e. The number of aryl methyl sites for hydroxylation is 1. The van der Waals surface area contributed by atoms with Crippen LogP contribution in [0.2, 0.25) is 0 Å². The molecule has 0 saturated carbocycles. The molecule has 7 nitrogen and oxygen atoms in total. The van der Waals surface area contributed by atoms with Gasteiger partial charge in [0, 0.05) is 36.8 Å². The maximum absolute atomic E-state index is 4.76. The standard InChI is InChI=1S/C27H25N7/c1-19-26(32-34(31-19)23-8-3-2-4-9-23)18-33-14-12-24-21(17-33)11-13-28-27(24)30-22-15-20-7-5-6-10-25(20)29-16-22/h2-11,13,15-16H,12,14,17-18H2,1H3,(H,28,30). The van der Waals surface area contributed by atoms with Crippen LogP contribution >= 0.6 is 0 Å². The van der Waals surface area contributed by atoms with Gasteiger partial charge in [0.2, 0.25) is 0 Å². The van der Waals surface area contributed by atoms with Gasteiger partial charge in [-0.25, -0.2) is 4.98 Å². The number of aromatic nitrogens is 5. The molecule has 0 saturated heterocycles. The van der Waals surface area contributed by atoms with E-state index in [9.17, 15) is 0 Å². The predicted molar refractivity (Wildman–Crippen MR) is 133 cm³/mol. The first kappa shape index (κ1) is 20.5. The number of benzene rings is 2. The molecule has 1 N–H and O–H groups in total. The van der Waals surface area contributed by atoms with Gasteiger partial charge in [-0.2, -0.15) is 15.0 Å². The van der Waals surface area contributed by atoms with Crippen molar-refractivity contribution in [3.8, 4) is 5.69 Å². The fourth-order valence-corrected chi connectivity index (χ4v) is 4.51. The number of fused-ring (bicyclic) bond motifs is 2. The summed E-state index contributed by atoms with van der Waals surface area (Å²) in [7, 11) is 0. The van der Waals surface area contributed by atoms with Crippen molar-refractivity contribution < 1.29 is 0 Å². The van der Waals surface area contributed by atoms with Gasteiger partial charge in [-0.3, -0.25) is 9.88 Å². The van der Waals surface area contributed by atoms with Gasteiger partial charge in [-0.15, -0.1) is 0 Å². The molecule has 0 bridgehead atoms. The van der Waals surface area contributed by atoms with E-state index in [0.29, 0.717) is 0 Å². The molecule has 0 aliphatic carbocycles. The minimum Gasteiger partial charge on any atom is -0.339 e. The lowest BCUT2D eigenvalue weighted by atomic mass is 10.0. The molecule has 4 heterocycles. The summed E-state index contributed by atoms with van der Waals surface area (Å²) in [6.45, 7) is 4.61. The summed E-state index contributed by atoms with van der Waals surface area (Å²) in [5, 5.41) is 14.0. The second-order valence-electron chi connectivity index (χ2n) is 8.66. The third-order valence-electron chi connectivity index (χ3n) is 6.32. The van der Waals surface area contributed by atoms with Crippen LogP contribution in [0.25, 0.3) is 16.6 Å². The predicted octanol–water partition coefficient (Wildman–Crippen LogP) is 4.82. The van der Waals surface area contributed by atoms with Crippen LogP contribution in [-0.2, 0) is 19.5 Å². The Hall–Kier alpha value is -4.10. The van der Waals surface area contributed by atoms with Crippen molar-refractivity contribution in [3.05, 3.63) is 102 Å². The zero-order valence-corrected chi connectivity index (χ0v) is 19.0. The number of hydrogen-bond acceptors (Lipinski definition) is 6. The monoisotopic (exact) mass is 447 g/mol. The summed E-state index contributed by atoms with van der Waals surface area (Å²) >= 11 is 0. The van der Waals surface area contributed by atoms with Gasteiger partial charge in [0.25, 0.3) is 0 Å². The Balaban J connectivity index is 1.20. The van der Waals surface area contributed by atoms with E-state index in [-0.39, 0.29) is 0 Å². The molecular weight excluding hydrogens is 422 g/mol. The van der Waals surface area contributed by atoms with Crippen molar-refractivity contribution in [2.75, 3.05) is 11.9 Å². The minimum atomic E-state index is 0.776. The van der Waals surface area contributed by atoms with Crippen LogP contribution in [-0.4, -0.2) is 36.4 Å². The van der Waals surface area contributed by atoms with E-state index >= 15 is 0 Å². The van der Waals surface area contributed by atoms with Crippen molar-refractivity contribution in [1.82, 2.24) is 29.9 Å². The Kier molecular flexibility index (Phi) is 5.24. The summed E-state index contributed by atoms with van der Waals surface area (Å²) < 4.78 is 0. The SMILES string of the molecule is Cc1nn(-c2ccccc2)nc1CN1CCc2c(ccnc2Nc2cnc3ccccc3c2)C1. The first-order valence-electron chi connectivity index (χ1n) is 11.5. The van der Waals surface area contributed by atoms with Crippen molar-refractivity contribution in [2.24, 2.45) is 0 Å². The first-order chi connectivity index (χ1) is 16.7. The lowest BCUT2D eigenvalue weighted by Crippen LogP contribution is -2.31. The molecule has 0 fully saturated rings. The first-order valence-corrected chi connectivity index (χ1v) is 11.5. The van der Waals surface area contributed by atoms with Gasteiger partial charge in [0.15, 0.2) is 0 Å². The molecule has 168 valence electrons. The summed E-state index contributed by atoms with van der Waals surface area (Å²) in [6.07, 6.45) is 4.69. The topological polar surface area (TPSA) is 71.8 Å². The van der Waals surface area contributed by atoms with Crippen LogP contribution in [0.1, 0.15) is 22.5 Å². The number of hydrogen-bond donors (Lipinski definition) is 1. The van der Waals surface area contributed by atoms with Crippen LogP contribution in [0.3, 0.4) is 0 Å². The van der Waals surface area contributed by atoms with Crippen molar-refractivity contribution in [2.45, 2.75) is 26.4 Å². The second kappa shape index (κ2) is 8.68. The molecule has 34 heavy (non-hydrogen) atoms. The van der Waals surface area contributed by atoms with E-state index in [1.807, 2.05) is 67.8 Å². The van der Waals surface area contributed by atoms with E-state index in [0.717, 1.165) is 65.5 Å². The fourth-order valence-electron chi connectivity index (χ4n) is 4.51. The van der Waals surface area contributed by atoms with Crippen LogP contribution in [0.4, 0.5) is 11.5 Å². The van der Waals surface area contributed by atoms with E-state index in [4.69, 9.17) is 5.10 Å². The highest BCUT2D eigenvalue weighted by Crippen LogP contribution is 2.28. The molecule has 0 atom stereocenters. The van der Waals surface area contributed by atoms with Crippen molar-refractivity contribution >= 4 is 22.4 Å². The zero-order valence-electron chi connectivity index (χ0n) is 19.0. The Morgan fingerprint density at radius 3 is 2.71 bits per heavy atom. The van der Waals surface area contributed by atoms with Gasteiger partial charge in [0.05, 0.1) is 28.8 Å². The summed E-state index contributed by atoms with van der Waals surface area (Å²) in [4.78, 5) is 13.4. The van der Waals surface area contributed by atoms with E-state index in [1.165, 1.54) is 11.1 Å². The molecular formula is C27H25N7. The number of pyridine rings is 2. The third-order valence-corrected chi connectivity index (χ3v) is 6.32. The molecule has 6 rings (SSSR count). The van der Waals surface area contributed by atoms with Crippen LogP contribution in [0, 0.1) is 6.92 Å². The largest absolute Gasteiger partial charge is 0.339 e. The molecule has 3 aromatic heterocycles. The highest BCUT2D eigenvalue weighted by atomic mass is 15.5. The highest BCUT2D eigenvalue weighted by molar-refractivity contribution is 5.82. The van der Waals surface area contributed by atoms with Crippen molar-refractivity contribution in [1.29, 1.82) is 0 Å². The van der Waals surface area contributed by atoms with Crippen LogP contribution < -0.4 is 5.32 Å². The number of nitrogens with one attached hydrogen (secondary N) is 1. The van der Waals surface area contributed by atoms with Gasteiger partial charge in [-0.1, -0.05) is 36.4 Å². The van der Waals surface area contributed by atoms with Gasteiger partial charge in [-0.05, 0) is 49.2 Å². The number of nitrogens with zero attached hydrogens (tertiary/aromatic N) is 6. The van der Waals surface area contributed by atoms with Crippen LogP contribution in [0.15, 0.2) is 79.1 Å². The normalized spacial score (nSPS) is 13.7. The number of para-hydroxylation sites is 2. The fraction of sp³-hybridized carbons (Fsp3) is 0.185. The molecule has 5 aromatic rings. The minimum absolute atomic E-state index is 0.776. The van der Waals surface area contributed by atoms with Crippen LogP contribution in [0.5, 0.6) is 0 Å². The summed E-state index contributed by atoms with van der Waals surface area (Å²) in [5.41, 5.74) is 7.48. The zero-order chi connectivity index (χ0) is 22.9. The Labute approximate surface area is 198 Å². The average molecular weight is 448 g/mol. The van der Waals surface area contributed by atoms with E-state index in [2.05, 4.69) is 43.5 Å². The molecule has 0 radical (unpaired) electrons. The average Bonchev–Trinajstić information content (AvgIpc) is 3.24. The van der Waals surface area contributed by atoms with Gasteiger partial charge >= 0.3 is 0 Å². The lowest BCUT2D eigenvalue weighted by Gasteiger charge is -2.29. The Morgan fingerprint density at radius 1 is 0.941 bits per heavy atom. The quantitative estimate of drug-likeness (QED) is 0.416. The van der Waals surface area contributed by atoms with Crippen molar-refractivity contribution in [3.63, 3.8) is 0 Å². The number of anilines is 2. The lowest BCUT2D eigenvalue weighted by molar-refractivity contribution is 0.242. The number of rotatable bonds is 5. The molecule has 1 aliphatic heterocycles. The Bertz CT molecular complexity index is 1460. The van der Waals surface area contributed by atoms with E-state index < -0.39 is 0 Å². The summed E-state index contributed by atoms with van der Waals surface area (Å²) in [6, 6.07) is 22.4. The highest BCUT2D eigenvalue weighted by Gasteiger charge is 2.22. The maximum Gasteiger partial charge on any atom is 0.133 e. The maximum atomic E-state index is 4.76. The molecule has 7 heteroatoms. The second-order valence-corrected chi connectivity index (χ2v) is 8.66. The molecule has 1 aliphatic rings.